The number of hydrogen-bond acceptors (Lipinski definition) is 2. The van der Waals surface area contributed by atoms with Gasteiger partial charge in [-0.15, -0.1) is 0 Å². The summed E-state index contributed by atoms with van der Waals surface area (Å²) in [5.74, 6) is 0.627. The molecule has 3 atom stereocenters. The lowest BCUT2D eigenvalue weighted by atomic mass is 9.78. The van der Waals surface area contributed by atoms with E-state index < -0.39 is 0 Å². The van der Waals surface area contributed by atoms with Crippen LogP contribution in [0.5, 0.6) is 0 Å². The van der Waals surface area contributed by atoms with Crippen LogP contribution in [-0.4, -0.2) is 15.0 Å². The van der Waals surface area contributed by atoms with Gasteiger partial charge in [0.1, 0.15) is 0 Å². The number of allylic oxidation sites excluding steroid dienone is 9. The molecule has 13 rings (SSSR count). The molecule has 0 saturated carbocycles. The normalized spacial score (nSPS) is 19.5. The molecule has 4 nitrogen and oxygen atoms in total. The summed E-state index contributed by atoms with van der Waals surface area (Å²) in [6.45, 7) is 2.46. The van der Waals surface area contributed by atoms with Crippen molar-refractivity contribution in [3.8, 4) is 0 Å². The summed E-state index contributed by atoms with van der Waals surface area (Å²) in [6, 6.07) is 52.3. The molecule has 4 heteroatoms. The highest BCUT2D eigenvalue weighted by molar-refractivity contribution is 6.28. The highest BCUT2D eigenvalue weighted by Gasteiger charge is 2.44. The predicted octanol–water partition coefficient (Wildman–Crippen LogP) is 14.7. The number of para-hydroxylation sites is 4. The zero-order valence-corrected chi connectivity index (χ0v) is 33.7. The summed E-state index contributed by atoms with van der Waals surface area (Å²) >= 11 is 0. The van der Waals surface area contributed by atoms with Gasteiger partial charge in [0.05, 0.1) is 39.5 Å². The molecule has 9 aromatic rings. The third-order valence-corrected chi connectivity index (χ3v) is 13.9. The quantitative estimate of drug-likeness (QED) is 0.167. The van der Waals surface area contributed by atoms with E-state index in [2.05, 4.69) is 208 Å². The Morgan fingerprint density at radius 1 is 0.617 bits per heavy atom. The average Bonchev–Trinajstić information content (AvgIpc) is 3.95. The summed E-state index contributed by atoms with van der Waals surface area (Å²) in [5.41, 5.74) is 17.3. The van der Waals surface area contributed by atoms with Gasteiger partial charge in [0.2, 0.25) is 0 Å². The summed E-state index contributed by atoms with van der Waals surface area (Å²) < 4.78 is 5.26. The molecule has 0 spiro atoms. The van der Waals surface area contributed by atoms with Crippen molar-refractivity contribution in [2.75, 3.05) is 9.80 Å². The summed E-state index contributed by atoms with van der Waals surface area (Å²) in [4.78, 5) is 5.14. The van der Waals surface area contributed by atoms with E-state index in [0.29, 0.717) is 11.8 Å². The van der Waals surface area contributed by atoms with E-state index in [1.165, 1.54) is 100.0 Å². The number of anilines is 4. The van der Waals surface area contributed by atoms with E-state index in [0.717, 1.165) is 25.7 Å². The monoisotopic (exact) mass is 772 g/mol. The molecule has 288 valence electrons. The Kier molecular flexibility index (Phi) is 7.33. The van der Waals surface area contributed by atoms with Crippen LogP contribution in [0.2, 0.25) is 0 Å². The largest absolute Gasteiger partial charge is 0.334 e. The van der Waals surface area contributed by atoms with Crippen molar-refractivity contribution in [1.29, 1.82) is 0 Å². The van der Waals surface area contributed by atoms with Crippen LogP contribution in [-0.2, 0) is 0 Å². The molecule has 0 radical (unpaired) electrons. The maximum absolute atomic E-state index is 2.67. The first-order valence-electron chi connectivity index (χ1n) is 21.7. The van der Waals surface area contributed by atoms with Crippen LogP contribution in [0.4, 0.5) is 22.7 Å². The molecule has 4 aliphatic rings. The summed E-state index contributed by atoms with van der Waals surface area (Å²) in [6.07, 6.45) is 20.2. The maximum atomic E-state index is 2.67. The smallest absolute Gasteiger partial charge is 0.0641 e. The van der Waals surface area contributed by atoms with Crippen LogP contribution in [0.25, 0.3) is 60.3 Å². The summed E-state index contributed by atoms with van der Waals surface area (Å²) in [7, 11) is 0. The Morgan fingerprint density at radius 3 is 2.12 bits per heavy atom. The van der Waals surface area contributed by atoms with Crippen LogP contribution in [0, 0.1) is 5.92 Å². The van der Waals surface area contributed by atoms with Crippen molar-refractivity contribution >= 4 is 83.0 Å². The van der Waals surface area contributed by atoms with E-state index >= 15 is 0 Å². The number of rotatable bonds is 6. The first kappa shape index (κ1) is 33.9. The van der Waals surface area contributed by atoms with Crippen LogP contribution < -0.4 is 9.80 Å². The Balaban J connectivity index is 1.10. The SMILES string of the molecule is CC1CC(N(c2ccccc2)c2ccccc2)=C2c3c1c1cc4c(cc1n3C1=CC=CCC12)c1ccc(N(c2ccccc2)C2C=CC=CCC2)c2c3ccccc3n4c12. The first-order valence-corrected chi connectivity index (χ1v) is 21.7. The molecule has 4 heterocycles. The van der Waals surface area contributed by atoms with Gasteiger partial charge in [-0.05, 0) is 104 Å². The lowest BCUT2D eigenvalue weighted by Crippen LogP contribution is -2.29. The van der Waals surface area contributed by atoms with Crippen LogP contribution >= 0.6 is 0 Å². The minimum Gasteiger partial charge on any atom is -0.334 e. The molecule has 0 N–H and O–H groups in total. The molecule has 60 heavy (non-hydrogen) atoms. The van der Waals surface area contributed by atoms with Gasteiger partial charge in [0.15, 0.2) is 0 Å². The second-order valence-corrected chi connectivity index (χ2v) is 17.1. The van der Waals surface area contributed by atoms with Gasteiger partial charge >= 0.3 is 0 Å². The Hall–Kier alpha value is -7.04. The predicted molar refractivity (Wildman–Crippen MR) is 253 cm³/mol. The molecule has 3 aliphatic carbocycles. The van der Waals surface area contributed by atoms with Gasteiger partial charge in [0.25, 0.3) is 0 Å². The fourth-order valence-corrected chi connectivity index (χ4v) is 11.5. The standard InChI is InChI=1S/C56H44N4/c1-36-33-51(58(39-23-11-5-12-24-39)40-25-13-6-14-26-40)54-43-28-16-18-30-47(43)60-50-34-44-41-31-32-48(57(38-21-9-4-10-22-38)37-19-7-2-3-8-20-37)53-42-27-15-17-29-46(42)59(55(41)53)49(44)35-45(50)52(36)56(54)60/h2-7,9-19,21-27,29-32,34-37,43H,8,20,28,33H2,1H3. The molecular formula is C56H44N4. The second kappa shape index (κ2) is 13.0. The number of hydrogen-bond donors (Lipinski definition) is 0. The third kappa shape index (κ3) is 4.67. The van der Waals surface area contributed by atoms with E-state index in [9.17, 15) is 0 Å². The molecule has 6 aromatic carbocycles. The minimum absolute atomic E-state index is 0.233. The fourth-order valence-electron chi connectivity index (χ4n) is 11.5. The molecule has 3 aromatic heterocycles. The highest BCUT2D eigenvalue weighted by Crippen LogP contribution is 2.58. The molecular weight excluding hydrogens is 729 g/mol. The van der Waals surface area contributed by atoms with E-state index in [1.807, 2.05) is 0 Å². The molecule has 0 amide bonds. The highest BCUT2D eigenvalue weighted by atomic mass is 15.2. The van der Waals surface area contributed by atoms with Crippen molar-refractivity contribution in [2.24, 2.45) is 5.92 Å². The Morgan fingerprint density at radius 2 is 1.33 bits per heavy atom. The van der Waals surface area contributed by atoms with E-state index in [-0.39, 0.29) is 6.04 Å². The Labute approximate surface area is 349 Å². The van der Waals surface area contributed by atoms with Crippen molar-refractivity contribution in [3.05, 3.63) is 199 Å². The number of benzene rings is 6. The van der Waals surface area contributed by atoms with Gasteiger partial charge < -0.3 is 18.8 Å². The second-order valence-electron chi connectivity index (χ2n) is 17.1. The number of nitrogens with zero attached hydrogens (tertiary/aromatic N) is 4. The maximum Gasteiger partial charge on any atom is 0.0641 e. The van der Waals surface area contributed by atoms with Crippen molar-refractivity contribution in [1.82, 2.24) is 8.97 Å². The van der Waals surface area contributed by atoms with Gasteiger partial charge in [-0.3, -0.25) is 0 Å². The van der Waals surface area contributed by atoms with Gasteiger partial charge in [-0.25, -0.2) is 0 Å². The van der Waals surface area contributed by atoms with E-state index in [4.69, 9.17) is 0 Å². The molecule has 0 bridgehead atoms. The molecule has 3 unspecified atom stereocenters. The lowest BCUT2D eigenvalue weighted by Gasteiger charge is -2.35. The van der Waals surface area contributed by atoms with Crippen molar-refractivity contribution in [2.45, 2.75) is 44.6 Å². The van der Waals surface area contributed by atoms with Crippen molar-refractivity contribution in [3.63, 3.8) is 0 Å². The molecule has 1 aliphatic heterocycles. The zero-order valence-electron chi connectivity index (χ0n) is 33.7. The Bertz CT molecular complexity index is 3300. The minimum atomic E-state index is 0.233. The summed E-state index contributed by atoms with van der Waals surface area (Å²) in [5, 5.41) is 6.65. The van der Waals surface area contributed by atoms with Crippen LogP contribution in [0.3, 0.4) is 0 Å². The molecule has 0 fully saturated rings. The van der Waals surface area contributed by atoms with E-state index in [1.54, 1.807) is 0 Å². The average molecular weight is 773 g/mol. The van der Waals surface area contributed by atoms with Gasteiger partial charge in [0, 0.05) is 66.9 Å². The van der Waals surface area contributed by atoms with Gasteiger partial charge in [-0.1, -0.05) is 122 Å². The number of aromatic nitrogens is 2. The first-order chi connectivity index (χ1) is 29.7. The fraction of sp³-hybridized carbons (Fsp3) is 0.143. The van der Waals surface area contributed by atoms with Gasteiger partial charge in [-0.2, -0.15) is 0 Å². The van der Waals surface area contributed by atoms with Crippen molar-refractivity contribution < 1.29 is 0 Å². The molecule has 0 saturated heterocycles. The zero-order chi connectivity index (χ0) is 39.5. The third-order valence-electron chi connectivity index (χ3n) is 13.9. The van der Waals surface area contributed by atoms with Crippen LogP contribution in [0.15, 0.2) is 188 Å². The number of fused-ring (bicyclic) bond motifs is 12. The topological polar surface area (TPSA) is 15.8 Å². The lowest BCUT2D eigenvalue weighted by molar-refractivity contribution is 0.715. The van der Waals surface area contributed by atoms with Crippen LogP contribution in [0.1, 0.15) is 49.8 Å².